The number of hydrogen-bond acceptors (Lipinski definition) is 4. The van der Waals surface area contributed by atoms with Crippen molar-refractivity contribution in [2.24, 2.45) is 0 Å². The molecule has 24 heavy (non-hydrogen) atoms. The molecule has 0 bridgehead atoms. The van der Waals surface area contributed by atoms with Crippen LogP contribution in [0.25, 0.3) is 0 Å². The Morgan fingerprint density at radius 3 is 2.67 bits per heavy atom. The Morgan fingerprint density at radius 1 is 1.12 bits per heavy atom. The number of carbonyl (C=O) groups excluding carboxylic acids is 3. The lowest BCUT2D eigenvalue weighted by Gasteiger charge is -2.15. The number of rotatable bonds is 3. The molecule has 0 radical (unpaired) electrons. The molecule has 0 spiro atoms. The van der Waals surface area contributed by atoms with Crippen molar-refractivity contribution >= 4 is 23.2 Å². The summed E-state index contributed by atoms with van der Waals surface area (Å²) in [5.74, 6) is -0.804. The average molecular weight is 324 g/mol. The highest BCUT2D eigenvalue weighted by Crippen LogP contribution is 2.19. The maximum absolute atomic E-state index is 12.4. The number of anilines is 1. The van der Waals surface area contributed by atoms with Gasteiger partial charge in [-0.25, -0.2) is 0 Å². The molecular formula is C18H16N2O4. The van der Waals surface area contributed by atoms with Gasteiger partial charge < -0.3 is 10.3 Å². The number of nitrogens with one attached hydrogen (secondary N) is 2. The molecule has 0 atom stereocenters. The van der Waals surface area contributed by atoms with Crippen molar-refractivity contribution in [1.82, 2.24) is 4.98 Å². The van der Waals surface area contributed by atoms with E-state index in [4.69, 9.17) is 0 Å². The van der Waals surface area contributed by atoms with E-state index < -0.39 is 11.5 Å². The summed E-state index contributed by atoms with van der Waals surface area (Å²) in [7, 11) is 0. The fourth-order valence-corrected chi connectivity index (χ4v) is 2.76. The molecule has 0 fully saturated rings. The molecule has 6 nitrogen and oxygen atoms in total. The van der Waals surface area contributed by atoms with Crippen molar-refractivity contribution < 1.29 is 14.4 Å². The van der Waals surface area contributed by atoms with Crippen LogP contribution in [-0.4, -0.2) is 22.5 Å². The van der Waals surface area contributed by atoms with Gasteiger partial charge in [0.1, 0.15) is 5.56 Å². The van der Waals surface area contributed by atoms with Crippen LogP contribution >= 0.6 is 0 Å². The maximum Gasteiger partial charge on any atom is 0.261 e. The van der Waals surface area contributed by atoms with E-state index in [-0.39, 0.29) is 17.1 Å². The second-order valence-electron chi connectivity index (χ2n) is 5.77. The van der Waals surface area contributed by atoms with Gasteiger partial charge in [0.15, 0.2) is 11.6 Å². The molecule has 1 amide bonds. The van der Waals surface area contributed by atoms with E-state index >= 15 is 0 Å². The highest BCUT2D eigenvalue weighted by Gasteiger charge is 2.22. The third kappa shape index (κ3) is 3.03. The molecule has 6 heteroatoms. The quantitative estimate of drug-likeness (QED) is 0.847. The van der Waals surface area contributed by atoms with Crippen molar-refractivity contribution in [2.75, 3.05) is 5.32 Å². The summed E-state index contributed by atoms with van der Waals surface area (Å²) in [4.78, 5) is 50.5. The van der Waals surface area contributed by atoms with Gasteiger partial charge in [0.2, 0.25) is 0 Å². The predicted molar refractivity (Wildman–Crippen MR) is 88.7 cm³/mol. The first-order valence-corrected chi connectivity index (χ1v) is 7.67. The minimum absolute atomic E-state index is 0.0693. The van der Waals surface area contributed by atoms with Crippen molar-refractivity contribution in [3.8, 4) is 0 Å². The molecule has 0 saturated carbocycles. The summed E-state index contributed by atoms with van der Waals surface area (Å²) in [5, 5.41) is 2.59. The molecule has 0 aliphatic heterocycles. The van der Waals surface area contributed by atoms with Crippen LogP contribution in [0.2, 0.25) is 0 Å². The lowest BCUT2D eigenvalue weighted by atomic mass is 9.93. The van der Waals surface area contributed by atoms with Crippen LogP contribution in [0.1, 0.15) is 56.5 Å². The zero-order valence-electron chi connectivity index (χ0n) is 13.1. The van der Waals surface area contributed by atoms with E-state index in [9.17, 15) is 19.2 Å². The molecule has 1 aromatic carbocycles. The first kappa shape index (κ1) is 15.9. The number of benzene rings is 1. The van der Waals surface area contributed by atoms with Crippen LogP contribution in [0.3, 0.4) is 0 Å². The molecular weight excluding hydrogens is 308 g/mol. The second-order valence-corrected chi connectivity index (χ2v) is 5.77. The molecule has 1 aliphatic rings. The van der Waals surface area contributed by atoms with Crippen LogP contribution < -0.4 is 10.9 Å². The fraction of sp³-hybridized carbons (Fsp3) is 0.222. The second kappa shape index (κ2) is 6.23. The summed E-state index contributed by atoms with van der Waals surface area (Å²) < 4.78 is 0. The number of ketones is 2. The van der Waals surface area contributed by atoms with Crippen LogP contribution in [0.4, 0.5) is 5.69 Å². The van der Waals surface area contributed by atoms with Crippen LogP contribution in [0.15, 0.2) is 35.1 Å². The first-order valence-electron chi connectivity index (χ1n) is 7.67. The molecule has 2 N–H and O–H groups in total. The number of carbonyl (C=O) groups is 3. The third-order valence-corrected chi connectivity index (χ3v) is 4.03. The molecule has 0 saturated heterocycles. The minimum Gasteiger partial charge on any atom is -0.325 e. The van der Waals surface area contributed by atoms with Crippen molar-refractivity contribution in [2.45, 2.75) is 26.2 Å². The van der Waals surface area contributed by atoms with Gasteiger partial charge in [-0.05, 0) is 38.0 Å². The number of amides is 1. The summed E-state index contributed by atoms with van der Waals surface area (Å²) in [5.41, 5.74) is 1.23. The fourth-order valence-electron chi connectivity index (χ4n) is 2.76. The van der Waals surface area contributed by atoms with Crippen LogP contribution in [0, 0.1) is 0 Å². The Bertz CT molecular complexity index is 911. The Kier molecular flexibility index (Phi) is 4.12. The van der Waals surface area contributed by atoms with E-state index in [1.54, 1.807) is 18.2 Å². The summed E-state index contributed by atoms with van der Waals surface area (Å²) >= 11 is 0. The molecule has 2 aromatic rings. The highest BCUT2D eigenvalue weighted by atomic mass is 16.2. The van der Waals surface area contributed by atoms with Gasteiger partial charge in [-0.15, -0.1) is 0 Å². The molecule has 1 heterocycles. The topological polar surface area (TPSA) is 96.1 Å². The predicted octanol–water partition coefficient (Wildman–Crippen LogP) is 2.35. The number of aryl methyl sites for hydroxylation is 1. The summed E-state index contributed by atoms with van der Waals surface area (Å²) in [6, 6.07) is 7.81. The lowest BCUT2D eigenvalue weighted by molar-refractivity contribution is 0.0970. The van der Waals surface area contributed by atoms with Gasteiger partial charge >= 0.3 is 0 Å². The smallest absolute Gasteiger partial charge is 0.261 e. The van der Waals surface area contributed by atoms with Crippen LogP contribution in [0.5, 0.6) is 0 Å². The van der Waals surface area contributed by atoms with Gasteiger partial charge in [0.05, 0.1) is 0 Å². The van der Waals surface area contributed by atoms with E-state index in [2.05, 4.69) is 10.3 Å². The van der Waals surface area contributed by atoms with Gasteiger partial charge in [-0.1, -0.05) is 12.1 Å². The summed E-state index contributed by atoms with van der Waals surface area (Å²) in [6.07, 6.45) is 1.74. The number of aromatic nitrogens is 1. The molecule has 1 aliphatic carbocycles. The molecule has 122 valence electrons. The van der Waals surface area contributed by atoms with Crippen molar-refractivity contribution in [1.29, 1.82) is 0 Å². The molecule has 1 aromatic heterocycles. The van der Waals surface area contributed by atoms with Gasteiger partial charge in [-0.2, -0.15) is 0 Å². The normalized spacial score (nSPS) is 13.3. The number of H-pyrrole nitrogens is 1. The Hall–Kier alpha value is -3.02. The number of Topliss-reactive ketones (excluding diaryl/α,β-unsaturated/α-hetero) is 2. The Labute approximate surface area is 137 Å². The van der Waals surface area contributed by atoms with E-state index in [0.717, 1.165) is 0 Å². The van der Waals surface area contributed by atoms with E-state index in [1.165, 1.54) is 19.1 Å². The third-order valence-electron chi connectivity index (χ3n) is 4.03. The zero-order chi connectivity index (χ0) is 17.3. The minimum atomic E-state index is -0.613. The largest absolute Gasteiger partial charge is 0.325 e. The van der Waals surface area contributed by atoms with E-state index in [0.29, 0.717) is 41.8 Å². The first-order chi connectivity index (χ1) is 11.5. The number of hydrogen-bond donors (Lipinski definition) is 2. The number of fused-ring (bicyclic) bond motifs is 1. The van der Waals surface area contributed by atoms with E-state index in [1.807, 2.05) is 0 Å². The van der Waals surface area contributed by atoms with Gasteiger partial charge in [0, 0.05) is 28.9 Å². The maximum atomic E-state index is 12.4. The average Bonchev–Trinajstić information content (AvgIpc) is 2.54. The van der Waals surface area contributed by atoms with Crippen molar-refractivity contribution in [3.63, 3.8) is 0 Å². The summed E-state index contributed by atoms with van der Waals surface area (Å²) in [6.45, 7) is 1.43. The monoisotopic (exact) mass is 324 g/mol. The Morgan fingerprint density at radius 2 is 1.92 bits per heavy atom. The van der Waals surface area contributed by atoms with Crippen LogP contribution in [-0.2, 0) is 6.42 Å². The van der Waals surface area contributed by atoms with Crippen molar-refractivity contribution in [3.05, 3.63) is 63.1 Å². The Balaban J connectivity index is 1.92. The molecule has 3 rings (SSSR count). The number of pyridine rings is 1. The number of aromatic amines is 1. The van der Waals surface area contributed by atoms with Gasteiger partial charge in [-0.3, -0.25) is 19.2 Å². The SMILES string of the molecule is CC(=O)c1cccc(NC(=O)c2cc3c([nH]c2=O)CCCC3=O)c1. The van der Waals surface area contributed by atoms with Gasteiger partial charge in [0.25, 0.3) is 11.5 Å². The zero-order valence-corrected chi connectivity index (χ0v) is 13.1. The standard InChI is InChI=1S/C18H16N2O4/c1-10(21)11-4-2-5-12(8-11)19-17(23)14-9-13-15(20-18(14)24)6-3-7-16(13)22/h2,4-5,8-9H,3,6-7H2,1H3,(H,19,23)(H,20,24). The molecule has 0 unspecified atom stereocenters. The lowest BCUT2D eigenvalue weighted by Crippen LogP contribution is -2.27. The highest BCUT2D eigenvalue weighted by molar-refractivity contribution is 6.07.